The van der Waals surface area contributed by atoms with Crippen molar-refractivity contribution in [1.29, 1.82) is 0 Å². The van der Waals surface area contributed by atoms with Gasteiger partial charge in [-0.25, -0.2) is 0 Å². The van der Waals surface area contributed by atoms with Crippen LogP contribution in [0.5, 0.6) is 0 Å². The van der Waals surface area contributed by atoms with Gasteiger partial charge in [0.2, 0.25) is 5.91 Å². The number of hydrogen-bond donors (Lipinski definition) is 1. The molecule has 0 aliphatic carbocycles. The summed E-state index contributed by atoms with van der Waals surface area (Å²) in [6.45, 7) is 8.43. The van der Waals surface area contributed by atoms with Crippen LogP contribution >= 0.6 is 0 Å². The molecule has 1 rings (SSSR count). The average Bonchev–Trinajstić information content (AvgIpc) is 2.85. The normalized spacial score (nSPS) is 19.5. The highest BCUT2D eigenvalue weighted by molar-refractivity contribution is 5.76. The van der Waals surface area contributed by atoms with Gasteiger partial charge in [-0.05, 0) is 32.7 Å². The van der Waals surface area contributed by atoms with E-state index < -0.39 is 0 Å². The molecule has 4 heteroatoms. The molecule has 1 aliphatic rings. The van der Waals surface area contributed by atoms with Gasteiger partial charge < -0.3 is 15.0 Å². The van der Waals surface area contributed by atoms with Crippen molar-refractivity contribution in [2.24, 2.45) is 0 Å². The van der Waals surface area contributed by atoms with Crippen LogP contribution in [0.25, 0.3) is 0 Å². The van der Waals surface area contributed by atoms with Gasteiger partial charge in [0.1, 0.15) is 0 Å². The number of amides is 1. The van der Waals surface area contributed by atoms with E-state index in [1.54, 1.807) is 0 Å². The summed E-state index contributed by atoms with van der Waals surface area (Å²) in [6, 6.07) is 0.412. The number of hydrogen-bond acceptors (Lipinski definition) is 3. The van der Waals surface area contributed by atoms with Crippen molar-refractivity contribution in [3.63, 3.8) is 0 Å². The zero-order valence-corrected chi connectivity index (χ0v) is 11.2. The monoisotopic (exact) mass is 242 g/mol. The highest BCUT2D eigenvalue weighted by Gasteiger charge is 2.25. The summed E-state index contributed by atoms with van der Waals surface area (Å²) < 4.78 is 5.27. The lowest BCUT2D eigenvalue weighted by Crippen LogP contribution is -2.42. The van der Waals surface area contributed by atoms with E-state index in [9.17, 15) is 4.79 Å². The molecule has 17 heavy (non-hydrogen) atoms. The van der Waals surface area contributed by atoms with Gasteiger partial charge in [0.25, 0.3) is 0 Å². The summed E-state index contributed by atoms with van der Waals surface area (Å²) in [4.78, 5) is 14.2. The lowest BCUT2D eigenvalue weighted by Gasteiger charge is -2.28. The van der Waals surface area contributed by atoms with E-state index in [-0.39, 0.29) is 0 Å². The summed E-state index contributed by atoms with van der Waals surface area (Å²) in [6.07, 6.45) is 3.59. The Bertz CT molecular complexity index is 215. The Kier molecular flexibility index (Phi) is 7.21. The van der Waals surface area contributed by atoms with Crippen molar-refractivity contribution in [3.05, 3.63) is 0 Å². The Labute approximate surface area is 105 Å². The van der Waals surface area contributed by atoms with E-state index in [4.69, 9.17) is 4.74 Å². The molecule has 0 aromatic carbocycles. The Morgan fingerprint density at radius 3 is 2.88 bits per heavy atom. The maximum Gasteiger partial charge on any atom is 0.222 e. The molecular formula is C13H26N2O2. The smallest absolute Gasteiger partial charge is 0.222 e. The van der Waals surface area contributed by atoms with Crippen molar-refractivity contribution in [1.82, 2.24) is 10.2 Å². The van der Waals surface area contributed by atoms with Gasteiger partial charge in [0.05, 0.1) is 0 Å². The fourth-order valence-electron chi connectivity index (χ4n) is 2.27. The molecule has 1 aliphatic heterocycles. The fourth-order valence-corrected chi connectivity index (χ4v) is 2.27. The van der Waals surface area contributed by atoms with Crippen molar-refractivity contribution in [2.75, 3.05) is 32.8 Å². The van der Waals surface area contributed by atoms with Crippen LogP contribution < -0.4 is 5.32 Å². The summed E-state index contributed by atoms with van der Waals surface area (Å²) in [7, 11) is 0. The Morgan fingerprint density at radius 2 is 2.29 bits per heavy atom. The SMILES string of the molecule is CCCN(C(=O)CCCOCC)C1CCNC1. The molecule has 1 atom stereocenters. The molecule has 0 saturated carbocycles. The second kappa shape index (κ2) is 8.48. The first kappa shape index (κ1) is 14.5. The highest BCUT2D eigenvalue weighted by Crippen LogP contribution is 2.11. The number of rotatable bonds is 8. The number of nitrogens with one attached hydrogen (secondary N) is 1. The number of nitrogens with zero attached hydrogens (tertiary/aromatic N) is 1. The van der Waals surface area contributed by atoms with E-state index in [0.717, 1.165) is 45.5 Å². The van der Waals surface area contributed by atoms with Crippen LogP contribution in [0, 0.1) is 0 Å². The van der Waals surface area contributed by atoms with Crippen LogP contribution in [-0.4, -0.2) is 49.7 Å². The zero-order valence-electron chi connectivity index (χ0n) is 11.2. The maximum absolute atomic E-state index is 12.1. The molecule has 4 nitrogen and oxygen atoms in total. The second-order valence-electron chi connectivity index (χ2n) is 4.53. The van der Waals surface area contributed by atoms with Gasteiger partial charge in [-0.1, -0.05) is 6.92 Å². The lowest BCUT2D eigenvalue weighted by molar-refractivity contribution is -0.133. The first-order chi connectivity index (χ1) is 8.29. The number of carbonyl (C=O) groups excluding carboxylic acids is 1. The Hall–Kier alpha value is -0.610. The Balaban J connectivity index is 2.32. The summed E-state index contributed by atoms with van der Waals surface area (Å²) in [5, 5.41) is 3.32. The molecule has 1 heterocycles. The molecule has 1 N–H and O–H groups in total. The molecule has 1 fully saturated rings. The molecule has 0 aromatic rings. The minimum absolute atomic E-state index is 0.292. The summed E-state index contributed by atoms with van der Waals surface area (Å²) in [5.41, 5.74) is 0. The van der Waals surface area contributed by atoms with Crippen LogP contribution in [0.4, 0.5) is 0 Å². The average molecular weight is 242 g/mol. The van der Waals surface area contributed by atoms with E-state index >= 15 is 0 Å². The van der Waals surface area contributed by atoms with Gasteiger partial charge in [0, 0.05) is 38.8 Å². The topological polar surface area (TPSA) is 41.6 Å². The predicted molar refractivity (Wildman–Crippen MR) is 69.0 cm³/mol. The fraction of sp³-hybridized carbons (Fsp3) is 0.923. The lowest BCUT2D eigenvalue weighted by atomic mass is 10.1. The van der Waals surface area contributed by atoms with E-state index in [0.29, 0.717) is 25.0 Å². The number of carbonyl (C=O) groups is 1. The molecule has 1 amide bonds. The Morgan fingerprint density at radius 1 is 1.47 bits per heavy atom. The first-order valence-electron chi connectivity index (χ1n) is 6.87. The van der Waals surface area contributed by atoms with Gasteiger partial charge in [-0.3, -0.25) is 4.79 Å². The van der Waals surface area contributed by atoms with E-state index in [1.807, 2.05) is 6.92 Å². The van der Waals surface area contributed by atoms with E-state index in [1.165, 1.54) is 0 Å². The van der Waals surface area contributed by atoms with Gasteiger partial charge in [0.15, 0.2) is 0 Å². The molecule has 0 spiro atoms. The molecule has 0 bridgehead atoms. The standard InChI is InChI=1S/C13H26N2O2/c1-3-9-15(12-7-8-14-11-12)13(16)6-5-10-17-4-2/h12,14H,3-11H2,1-2H3. The summed E-state index contributed by atoms with van der Waals surface area (Å²) in [5.74, 6) is 0.292. The third kappa shape index (κ3) is 5.04. The molecule has 1 saturated heterocycles. The van der Waals surface area contributed by atoms with Crippen LogP contribution in [0.3, 0.4) is 0 Å². The van der Waals surface area contributed by atoms with Crippen molar-refractivity contribution < 1.29 is 9.53 Å². The molecule has 100 valence electrons. The van der Waals surface area contributed by atoms with Crippen LogP contribution in [0.15, 0.2) is 0 Å². The van der Waals surface area contributed by atoms with Gasteiger partial charge >= 0.3 is 0 Å². The number of ether oxygens (including phenoxy) is 1. The zero-order chi connectivity index (χ0) is 12.5. The van der Waals surface area contributed by atoms with Crippen molar-refractivity contribution in [2.45, 2.75) is 45.6 Å². The summed E-state index contributed by atoms with van der Waals surface area (Å²) >= 11 is 0. The predicted octanol–water partition coefficient (Wildman–Crippen LogP) is 1.40. The first-order valence-corrected chi connectivity index (χ1v) is 6.87. The third-order valence-electron chi connectivity index (χ3n) is 3.14. The van der Waals surface area contributed by atoms with Crippen molar-refractivity contribution >= 4 is 5.91 Å². The molecule has 0 radical (unpaired) electrons. The quantitative estimate of drug-likeness (QED) is 0.654. The largest absolute Gasteiger partial charge is 0.382 e. The molecule has 1 unspecified atom stereocenters. The van der Waals surface area contributed by atoms with Gasteiger partial charge in [-0.2, -0.15) is 0 Å². The van der Waals surface area contributed by atoms with E-state index in [2.05, 4.69) is 17.1 Å². The minimum Gasteiger partial charge on any atom is -0.382 e. The van der Waals surface area contributed by atoms with Crippen LogP contribution in [-0.2, 0) is 9.53 Å². The van der Waals surface area contributed by atoms with Crippen LogP contribution in [0.1, 0.15) is 39.5 Å². The maximum atomic E-state index is 12.1. The second-order valence-corrected chi connectivity index (χ2v) is 4.53. The molecule has 0 aromatic heterocycles. The highest BCUT2D eigenvalue weighted by atomic mass is 16.5. The van der Waals surface area contributed by atoms with Gasteiger partial charge in [-0.15, -0.1) is 0 Å². The minimum atomic E-state index is 0.292. The van der Waals surface area contributed by atoms with Crippen molar-refractivity contribution in [3.8, 4) is 0 Å². The molecular weight excluding hydrogens is 216 g/mol. The van der Waals surface area contributed by atoms with Crippen LogP contribution in [0.2, 0.25) is 0 Å². The third-order valence-corrected chi connectivity index (χ3v) is 3.14.